The van der Waals surface area contributed by atoms with Crippen molar-refractivity contribution in [3.63, 3.8) is 0 Å². The summed E-state index contributed by atoms with van der Waals surface area (Å²) in [4.78, 5) is 7.84. The molecular weight excluding hydrogens is 156 g/mol. The molecule has 0 N–H and O–H groups in total. The van der Waals surface area contributed by atoms with Crippen LogP contribution in [-0.2, 0) is 4.74 Å². The second kappa shape index (κ2) is 3.49. The number of ether oxygens (including phenoxy) is 2. The van der Waals surface area contributed by atoms with Crippen LogP contribution >= 0.6 is 0 Å². The van der Waals surface area contributed by atoms with E-state index in [0.717, 1.165) is 13.0 Å². The Hall–Kier alpha value is -1.16. The molecule has 4 heteroatoms. The molecule has 1 aromatic heterocycles. The van der Waals surface area contributed by atoms with Gasteiger partial charge in [-0.25, -0.2) is 9.97 Å². The lowest BCUT2D eigenvalue weighted by molar-refractivity contribution is -0.0734. The quantitative estimate of drug-likeness (QED) is 0.661. The SMILES string of the molecule is c1cnc(OCC2CCO2)nc1. The van der Waals surface area contributed by atoms with Crippen molar-refractivity contribution in [2.75, 3.05) is 13.2 Å². The smallest absolute Gasteiger partial charge is 0.316 e. The summed E-state index contributed by atoms with van der Waals surface area (Å²) >= 11 is 0. The fourth-order valence-electron chi connectivity index (χ4n) is 0.943. The maximum Gasteiger partial charge on any atom is 0.316 e. The monoisotopic (exact) mass is 166 g/mol. The third-order valence-electron chi connectivity index (χ3n) is 1.73. The van der Waals surface area contributed by atoms with Crippen molar-refractivity contribution in [1.29, 1.82) is 0 Å². The van der Waals surface area contributed by atoms with Crippen molar-refractivity contribution >= 4 is 0 Å². The van der Waals surface area contributed by atoms with Gasteiger partial charge in [0.1, 0.15) is 6.61 Å². The average molecular weight is 166 g/mol. The summed E-state index contributed by atoms with van der Waals surface area (Å²) in [6.07, 6.45) is 4.63. The second-order valence-electron chi connectivity index (χ2n) is 2.62. The van der Waals surface area contributed by atoms with Crippen LogP contribution in [0.1, 0.15) is 6.42 Å². The van der Waals surface area contributed by atoms with Gasteiger partial charge in [0.25, 0.3) is 0 Å². The zero-order valence-electron chi connectivity index (χ0n) is 6.64. The molecule has 0 aliphatic carbocycles. The van der Waals surface area contributed by atoms with Crippen LogP contribution in [0.4, 0.5) is 0 Å². The van der Waals surface area contributed by atoms with Crippen LogP contribution in [0.5, 0.6) is 6.01 Å². The summed E-state index contributed by atoms with van der Waals surface area (Å²) in [6.45, 7) is 1.41. The maximum absolute atomic E-state index is 5.26. The highest BCUT2D eigenvalue weighted by Gasteiger charge is 2.18. The van der Waals surface area contributed by atoms with Gasteiger partial charge < -0.3 is 9.47 Å². The van der Waals surface area contributed by atoms with Crippen molar-refractivity contribution in [1.82, 2.24) is 9.97 Å². The number of rotatable bonds is 3. The van der Waals surface area contributed by atoms with Gasteiger partial charge in [-0.1, -0.05) is 0 Å². The standard InChI is InChI=1S/C8H10N2O2/c1-3-9-8(10-4-1)12-6-7-2-5-11-7/h1,3-4,7H,2,5-6H2. The molecule has 12 heavy (non-hydrogen) atoms. The minimum atomic E-state index is 0.244. The highest BCUT2D eigenvalue weighted by molar-refractivity contribution is 4.93. The van der Waals surface area contributed by atoms with Crippen LogP contribution in [0.15, 0.2) is 18.5 Å². The lowest BCUT2D eigenvalue weighted by atomic mass is 10.2. The number of hydrogen-bond acceptors (Lipinski definition) is 4. The first-order chi connectivity index (χ1) is 5.95. The normalized spacial score (nSPS) is 21.5. The second-order valence-corrected chi connectivity index (χ2v) is 2.62. The van der Waals surface area contributed by atoms with Crippen LogP contribution < -0.4 is 4.74 Å². The number of nitrogens with zero attached hydrogens (tertiary/aromatic N) is 2. The van der Waals surface area contributed by atoms with E-state index in [2.05, 4.69) is 9.97 Å². The van der Waals surface area contributed by atoms with E-state index in [1.807, 2.05) is 0 Å². The van der Waals surface area contributed by atoms with Crippen molar-refractivity contribution in [2.45, 2.75) is 12.5 Å². The van der Waals surface area contributed by atoms with E-state index in [1.165, 1.54) is 0 Å². The molecule has 64 valence electrons. The molecule has 0 aromatic carbocycles. The molecule has 1 unspecified atom stereocenters. The molecule has 0 saturated carbocycles. The van der Waals surface area contributed by atoms with E-state index in [1.54, 1.807) is 18.5 Å². The van der Waals surface area contributed by atoms with Crippen molar-refractivity contribution in [3.05, 3.63) is 18.5 Å². The first-order valence-electron chi connectivity index (χ1n) is 3.96. The predicted molar refractivity (Wildman–Crippen MR) is 41.9 cm³/mol. The third-order valence-corrected chi connectivity index (χ3v) is 1.73. The lowest BCUT2D eigenvalue weighted by Crippen LogP contribution is -2.32. The minimum absolute atomic E-state index is 0.244. The fraction of sp³-hybridized carbons (Fsp3) is 0.500. The van der Waals surface area contributed by atoms with Crippen LogP contribution in [0.3, 0.4) is 0 Å². The van der Waals surface area contributed by atoms with Gasteiger partial charge in [-0.05, 0) is 6.07 Å². The van der Waals surface area contributed by atoms with Gasteiger partial charge >= 0.3 is 6.01 Å². The first kappa shape index (κ1) is 7.49. The molecule has 4 nitrogen and oxygen atoms in total. The molecule has 1 saturated heterocycles. The van der Waals surface area contributed by atoms with E-state index in [4.69, 9.17) is 9.47 Å². The molecule has 0 spiro atoms. The lowest BCUT2D eigenvalue weighted by Gasteiger charge is -2.25. The van der Waals surface area contributed by atoms with Crippen molar-refractivity contribution < 1.29 is 9.47 Å². The Morgan fingerprint density at radius 1 is 1.50 bits per heavy atom. The van der Waals surface area contributed by atoms with Gasteiger partial charge in [0, 0.05) is 25.4 Å². The summed E-state index contributed by atoms with van der Waals surface area (Å²) in [7, 11) is 0. The molecule has 1 fully saturated rings. The Balaban J connectivity index is 1.79. The number of aromatic nitrogens is 2. The zero-order chi connectivity index (χ0) is 8.23. The van der Waals surface area contributed by atoms with Gasteiger partial charge in [-0.3, -0.25) is 0 Å². The van der Waals surface area contributed by atoms with Crippen LogP contribution in [0, 0.1) is 0 Å². The minimum Gasteiger partial charge on any atom is -0.461 e. The van der Waals surface area contributed by atoms with Crippen LogP contribution in [0.2, 0.25) is 0 Å². The maximum atomic E-state index is 5.26. The van der Waals surface area contributed by atoms with Gasteiger partial charge in [0.15, 0.2) is 0 Å². The van der Waals surface area contributed by atoms with Crippen molar-refractivity contribution in [3.8, 4) is 6.01 Å². The largest absolute Gasteiger partial charge is 0.461 e. The van der Waals surface area contributed by atoms with E-state index in [9.17, 15) is 0 Å². The van der Waals surface area contributed by atoms with E-state index >= 15 is 0 Å². The highest BCUT2D eigenvalue weighted by Crippen LogP contribution is 2.11. The molecule has 1 atom stereocenters. The highest BCUT2D eigenvalue weighted by atomic mass is 16.6. The molecule has 2 rings (SSSR count). The first-order valence-corrected chi connectivity index (χ1v) is 3.96. The summed E-state index contributed by atoms with van der Waals surface area (Å²) in [5.41, 5.74) is 0. The van der Waals surface area contributed by atoms with E-state index in [0.29, 0.717) is 12.6 Å². The van der Waals surface area contributed by atoms with Crippen LogP contribution in [0.25, 0.3) is 0 Å². The summed E-state index contributed by atoms with van der Waals surface area (Å²) in [5, 5.41) is 0. The topological polar surface area (TPSA) is 44.2 Å². The van der Waals surface area contributed by atoms with E-state index < -0.39 is 0 Å². The summed E-state index contributed by atoms with van der Waals surface area (Å²) in [6, 6.07) is 2.18. The zero-order valence-corrected chi connectivity index (χ0v) is 6.64. The van der Waals surface area contributed by atoms with Gasteiger partial charge in [-0.15, -0.1) is 0 Å². The molecule has 1 aliphatic heterocycles. The Labute approximate surface area is 70.6 Å². The Morgan fingerprint density at radius 2 is 2.25 bits per heavy atom. The van der Waals surface area contributed by atoms with Gasteiger partial charge in [0.05, 0.1) is 6.10 Å². The predicted octanol–water partition coefficient (Wildman–Crippen LogP) is 0.644. The number of hydrogen-bond donors (Lipinski definition) is 0. The molecule has 2 heterocycles. The molecule has 1 aromatic rings. The Morgan fingerprint density at radius 3 is 2.83 bits per heavy atom. The molecule has 1 aliphatic rings. The molecule has 0 bridgehead atoms. The van der Waals surface area contributed by atoms with E-state index in [-0.39, 0.29) is 6.10 Å². The average Bonchev–Trinajstić information content (AvgIpc) is 2.04. The van der Waals surface area contributed by atoms with Gasteiger partial charge in [0.2, 0.25) is 0 Å². The summed E-state index contributed by atoms with van der Waals surface area (Å²) in [5.74, 6) is 0. The van der Waals surface area contributed by atoms with Crippen molar-refractivity contribution in [2.24, 2.45) is 0 Å². The Bertz CT molecular complexity index is 236. The third kappa shape index (κ3) is 1.71. The fourth-order valence-corrected chi connectivity index (χ4v) is 0.943. The molecule has 0 radical (unpaired) electrons. The van der Waals surface area contributed by atoms with Gasteiger partial charge in [-0.2, -0.15) is 0 Å². The molecular formula is C8H10N2O2. The summed E-state index contributed by atoms with van der Waals surface area (Å²) < 4.78 is 10.4. The van der Waals surface area contributed by atoms with Crippen LogP contribution in [-0.4, -0.2) is 29.3 Å². The molecule has 0 amide bonds. The Kier molecular flexibility index (Phi) is 2.18.